The Morgan fingerprint density at radius 2 is 0.938 bits per heavy atom. The summed E-state index contributed by atoms with van der Waals surface area (Å²) in [5.41, 5.74) is 10.7. The number of hydrogen-bond acceptors (Lipinski definition) is 6. The van der Waals surface area contributed by atoms with Crippen LogP contribution in [0.2, 0.25) is 0 Å². The molecule has 0 aliphatic carbocycles. The molecule has 0 unspecified atom stereocenters. The van der Waals surface area contributed by atoms with E-state index in [9.17, 15) is 10.4 Å². The van der Waals surface area contributed by atoms with Crippen LogP contribution in [0.15, 0.2) is 0 Å². The van der Waals surface area contributed by atoms with E-state index in [0.29, 0.717) is 39.3 Å². The van der Waals surface area contributed by atoms with Gasteiger partial charge >= 0.3 is 0 Å². The van der Waals surface area contributed by atoms with Gasteiger partial charge in [-0.15, -0.1) is 0 Å². The zero-order chi connectivity index (χ0) is 12.2. The molecule has 0 aliphatic rings. The second-order valence-electron chi connectivity index (χ2n) is 3.90. The lowest BCUT2D eigenvalue weighted by molar-refractivity contribution is -0.103. The SMILES string of the molecule is NCCCN(O)CCCCN(O)CCCN. The highest BCUT2D eigenvalue weighted by atomic mass is 16.5. The number of hydrogen-bond donors (Lipinski definition) is 4. The molecule has 6 heteroatoms. The number of unbranched alkanes of at least 4 members (excludes halogenated alkanes) is 1. The minimum atomic E-state index is 0.598. The third-order valence-electron chi connectivity index (χ3n) is 2.32. The van der Waals surface area contributed by atoms with Crippen LogP contribution >= 0.6 is 0 Å². The van der Waals surface area contributed by atoms with Crippen molar-refractivity contribution in [1.82, 2.24) is 10.1 Å². The number of nitrogens with two attached hydrogens (primary N) is 2. The summed E-state index contributed by atoms with van der Waals surface area (Å²) in [5, 5.41) is 21.3. The van der Waals surface area contributed by atoms with E-state index in [-0.39, 0.29) is 0 Å². The molecule has 0 saturated heterocycles. The Kier molecular flexibility index (Phi) is 11.1. The van der Waals surface area contributed by atoms with Gasteiger partial charge in [-0.3, -0.25) is 0 Å². The Hall–Kier alpha value is -0.240. The lowest BCUT2D eigenvalue weighted by Gasteiger charge is -2.16. The highest BCUT2D eigenvalue weighted by Gasteiger charge is 2.02. The van der Waals surface area contributed by atoms with Crippen molar-refractivity contribution in [2.75, 3.05) is 39.3 Å². The highest BCUT2D eigenvalue weighted by molar-refractivity contribution is 4.51. The summed E-state index contributed by atoms with van der Waals surface area (Å²) in [6.45, 7) is 3.69. The highest BCUT2D eigenvalue weighted by Crippen LogP contribution is 1.96. The molecule has 0 rings (SSSR count). The molecule has 0 aliphatic heterocycles. The van der Waals surface area contributed by atoms with Crippen LogP contribution in [0.5, 0.6) is 0 Å². The molecule has 0 bridgehead atoms. The van der Waals surface area contributed by atoms with E-state index < -0.39 is 0 Å². The van der Waals surface area contributed by atoms with Crippen LogP contribution in [-0.2, 0) is 0 Å². The van der Waals surface area contributed by atoms with Gasteiger partial charge in [0.2, 0.25) is 0 Å². The first-order valence-corrected chi connectivity index (χ1v) is 5.98. The Bertz CT molecular complexity index is 133. The smallest absolute Gasteiger partial charge is 0.0250 e. The molecule has 0 aromatic carbocycles. The van der Waals surface area contributed by atoms with Gasteiger partial charge in [-0.05, 0) is 38.8 Å². The average Bonchev–Trinajstić information content (AvgIpc) is 2.29. The molecule has 0 fully saturated rings. The molecule has 0 radical (unpaired) electrons. The van der Waals surface area contributed by atoms with Gasteiger partial charge in [0.25, 0.3) is 0 Å². The van der Waals surface area contributed by atoms with Crippen LogP contribution in [0.4, 0.5) is 0 Å². The Morgan fingerprint density at radius 3 is 1.25 bits per heavy atom. The monoisotopic (exact) mass is 234 g/mol. The zero-order valence-corrected chi connectivity index (χ0v) is 10.0. The van der Waals surface area contributed by atoms with Crippen LogP contribution in [0.1, 0.15) is 25.7 Å². The summed E-state index contributed by atoms with van der Waals surface area (Å²) < 4.78 is 0. The maximum Gasteiger partial charge on any atom is 0.0250 e. The third kappa shape index (κ3) is 10.3. The molecule has 0 aromatic rings. The average molecular weight is 234 g/mol. The van der Waals surface area contributed by atoms with Crippen molar-refractivity contribution in [3.63, 3.8) is 0 Å². The van der Waals surface area contributed by atoms with Crippen LogP contribution in [0.3, 0.4) is 0 Å². The fraction of sp³-hybridized carbons (Fsp3) is 1.00. The first-order chi connectivity index (χ1) is 7.70. The normalized spacial score (nSPS) is 11.6. The van der Waals surface area contributed by atoms with Crippen molar-refractivity contribution in [3.05, 3.63) is 0 Å². The summed E-state index contributed by atoms with van der Waals surface area (Å²) in [7, 11) is 0. The molecular weight excluding hydrogens is 208 g/mol. The van der Waals surface area contributed by atoms with E-state index in [1.54, 1.807) is 0 Å². The van der Waals surface area contributed by atoms with Crippen molar-refractivity contribution < 1.29 is 10.4 Å². The van der Waals surface area contributed by atoms with E-state index in [0.717, 1.165) is 25.7 Å². The fourth-order valence-electron chi connectivity index (χ4n) is 1.36. The first-order valence-electron chi connectivity index (χ1n) is 5.98. The molecule has 0 atom stereocenters. The van der Waals surface area contributed by atoms with Gasteiger partial charge in [0, 0.05) is 26.2 Å². The first kappa shape index (κ1) is 15.8. The predicted octanol–water partition coefficient (Wildman–Crippen LogP) is -0.153. The van der Waals surface area contributed by atoms with Crippen LogP contribution in [0.25, 0.3) is 0 Å². The minimum absolute atomic E-state index is 0.598. The van der Waals surface area contributed by atoms with Crippen molar-refractivity contribution in [2.45, 2.75) is 25.7 Å². The van der Waals surface area contributed by atoms with Gasteiger partial charge in [0.1, 0.15) is 0 Å². The van der Waals surface area contributed by atoms with E-state index in [1.165, 1.54) is 10.1 Å². The third-order valence-corrected chi connectivity index (χ3v) is 2.32. The maximum atomic E-state index is 9.37. The van der Waals surface area contributed by atoms with Crippen molar-refractivity contribution in [3.8, 4) is 0 Å². The summed E-state index contributed by atoms with van der Waals surface area (Å²) in [6.07, 6.45) is 3.33. The van der Waals surface area contributed by atoms with Crippen molar-refractivity contribution >= 4 is 0 Å². The second kappa shape index (κ2) is 11.3. The van der Waals surface area contributed by atoms with Gasteiger partial charge in [0.15, 0.2) is 0 Å². The van der Waals surface area contributed by atoms with Crippen LogP contribution in [0, 0.1) is 0 Å². The molecule has 16 heavy (non-hydrogen) atoms. The molecule has 0 aromatic heterocycles. The maximum absolute atomic E-state index is 9.37. The number of hydroxylamine groups is 4. The van der Waals surface area contributed by atoms with E-state index in [1.807, 2.05) is 0 Å². The summed E-state index contributed by atoms with van der Waals surface area (Å²) >= 11 is 0. The van der Waals surface area contributed by atoms with Gasteiger partial charge in [-0.25, -0.2) is 0 Å². The minimum Gasteiger partial charge on any atom is -0.330 e. The van der Waals surface area contributed by atoms with E-state index >= 15 is 0 Å². The second-order valence-corrected chi connectivity index (χ2v) is 3.90. The van der Waals surface area contributed by atoms with Crippen molar-refractivity contribution in [1.29, 1.82) is 0 Å². The summed E-state index contributed by atoms with van der Waals surface area (Å²) in [4.78, 5) is 0. The van der Waals surface area contributed by atoms with Crippen LogP contribution in [-0.4, -0.2) is 59.8 Å². The number of rotatable bonds is 11. The zero-order valence-electron chi connectivity index (χ0n) is 10.0. The van der Waals surface area contributed by atoms with Crippen molar-refractivity contribution in [2.24, 2.45) is 11.5 Å². The van der Waals surface area contributed by atoms with Gasteiger partial charge in [-0.1, -0.05) is 0 Å². The molecule has 6 nitrogen and oxygen atoms in total. The lowest BCUT2D eigenvalue weighted by atomic mass is 10.3. The summed E-state index contributed by atoms with van der Waals surface area (Å²) in [6, 6.07) is 0. The molecule has 6 N–H and O–H groups in total. The number of nitrogens with zero attached hydrogens (tertiary/aromatic N) is 2. The molecular formula is C10H26N4O2. The van der Waals surface area contributed by atoms with Crippen LogP contribution < -0.4 is 11.5 Å². The van der Waals surface area contributed by atoms with Gasteiger partial charge < -0.3 is 21.9 Å². The molecule has 0 spiro atoms. The Balaban J connectivity index is 3.24. The largest absolute Gasteiger partial charge is 0.330 e. The summed E-state index contributed by atoms with van der Waals surface area (Å²) in [5.74, 6) is 0. The standard InChI is InChI=1S/C10H26N4O2/c11-5-3-9-13(15)7-1-2-8-14(16)10-4-6-12/h15-16H,1-12H2. The molecule has 0 amide bonds. The van der Waals surface area contributed by atoms with E-state index in [2.05, 4.69) is 0 Å². The Morgan fingerprint density at radius 1 is 0.625 bits per heavy atom. The topological polar surface area (TPSA) is 99.0 Å². The quantitative estimate of drug-likeness (QED) is 0.293. The van der Waals surface area contributed by atoms with Gasteiger partial charge in [0.05, 0.1) is 0 Å². The molecule has 98 valence electrons. The fourth-order valence-corrected chi connectivity index (χ4v) is 1.36. The lowest BCUT2D eigenvalue weighted by Crippen LogP contribution is -2.26. The van der Waals surface area contributed by atoms with Gasteiger partial charge in [-0.2, -0.15) is 10.1 Å². The molecule has 0 saturated carbocycles. The Labute approximate surface area is 97.7 Å². The van der Waals surface area contributed by atoms with E-state index in [4.69, 9.17) is 11.5 Å². The molecule has 0 heterocycles. The predicted molar refractivity (Wildman–Crippen MR) is 63.3 cm³/mol.